The summed E-state index contributed by atoms with van der Waals surface area (Å²) in [5.41, 5.74) is 0. The molecular weight excluding hydrogens is 357 g/mol. The molecule has 0 saturated heterocycles. The topological polar surface area (TPSA) is 9.23 Å². The monoisotopic (exact) mass is 368 g/mol. The third-order valence-corrected chi connectivity index (χ3v) is 2.65. The molecular formula is C11H11F11O. The minimum Gasteiger partial charge on any atom is -0.436 e. The molecule has 138 valence electrons. The molecule has 0 amide bonds. The van der Waals surface area contributed by atoms with E-state index >= 15 is 0 Å². The van der Waals surface area contributed by atoms with E-state index in [1.54, 1.807) is 0 Å². The van der Waals surface area contributed by atoms with Gasteiger partial charge < -0.3 is 4.74 Å². The predicted octanol–water partition coefficient (Wildman–Crippen LogP) is 5.77. The Hall–Kier alpha value is -1.23. The maximum absolute atomic E-state index is 13.2. The van der Waals surface area contributed by atoms with Gasteiger partial charge >= 0.3 is 30.1 Å². The summed E-state index contributed by atoms with van der Waals surface area (Å²) in [7, 11) is 0. The second-order valence-corrected chi connectivity index (χ2v) is 4.48. The molecule has 0 heterocycles. The Morgan fingerprint density at radius 1 is 0.696 bits per heavy atom. The molecule has 12 heteroatoms. The fourth-order valence-electron chi connectivity index (χ4n) is 1.42. The zero-order valence-electron chi connectivity index (χ0n) is 11.2. The molecule has 0 unspecified atom stereocenters. The summed E-state index contributed by atoms with van der Waals surface area (Å²) in [6, 6.07) is 0. The van der Waals surface area contributed by atoms with Gasteiger partial charge in [-0.2, -0.15) is 48.3 Å². The summed E-state index contributed by atoms with van der Waals surface area (Å²) in [6.07, 6.45) is -17.1. The van der Waals surface area contributed by atoms with Gasteiger partial charge in [-0.3, -0.25) is 0 Å². The molecule has 0 aromatic heterocycles. The maximum Gasteiger partial charge on any atom is 0.470 e. The van der Waals surface area contributed by atoms with Crippen LogP contribution in [0.5, 0.6) is 0 Å². The summed E-state index contributed by atoms with van der Waals surface area (Å²) in [6.45, 7) is 2.41. The van der Waals surface area contributed by atoms with E-state index in [1.165, 1.54) is 0 Å². The zero-order chi connectivity index (χ0) is 18.7. The summed E-state index contributed by atoms with van der Waals surface area (Å²) < 4.78 is 142. The molecule has 0 fully saturated rings. The largest absolute Gasteiger partial charge is 0.470 e. The Bertz CT molecular complexity index is 399. The number of halogens is 11. The average Bonchev–Trinajstić information content (AvgIpc) is 2.32. The molecule has 0 aliphatic heterocycles. The van der Waals surface area contributed by atoms with E-state index in [1.807, 2.05) is 0 Å². The molecule has 0 bridgehead atoms. The molecule has 0 aliphatic rings. The van der Waals surface area contributed by atoms with Gasteiger partial charge in [0.15, 0.2) is 0 Å². The lowest BCUT2D eigenvalue weighted by Gasteiger charge is -2.35. The number of unbranched alkanes of at least 4 members (excludes halogenated alkanes) is 1. The summed E-state index contributed by atoms with van der Waals surface area (Å²) in [5, 5.41) is 0. The highest BCUT2D eigenvalue weighted by atomic mass is 19.4. The van der Waals surface area contributed by atoms with Crippen LogP contribution in [0.25, 0.3) is 0 Å². The lowest BCUT2D eigenvalue weighted by Crippen LogP contribution is -2.62. The van der Waals surface area contributed by atoms with Crippen molar-refractivity contribution in [2.75, 3.05) is 0 Å². The fraction of sp³-hybridized carbons (Fsp3) is 0.818. The molecule has 0 radical (unpaired) electrons. The van der Waals surface area contributed by atoms with E-state index < -0.39 is 55.7 Å². The van der Waals surface area contributed by atoms with Crippen molar-refractivity contribution < 1.29 is 53.0 Å². The Kier molecular flexibility index (Phi) is 6.36. The van der Waals surface area contributed by atoms with E-state index in [-0.39, 0.29) is 6.26 Å². The lowest BCUT2D eigenvalue weighted by molar-refractivity contribution is -0.417. The van der Waals surface area contributed by atoms with Crippen molar-refractivity contribution in [1.29, 1.82) is 0 Å². The highest BCUT2D eigenvalue weighted by Gasteiger charge is 2.81. The van der Waals surface area contributed by atoms with Crippen LogP contribution in [-0.2, 0) is 4.74 Å². The van der Waals surface area contributed by atoms with Crippen molar-refractivity contribution in [3.05, 3.63) is 12.8 Å². The van der Waals surface area contributed by atoms with Crippen LogP contribution in [0.2, 0.25) is 0 Å². The van der Waals surface area contributed by atoms with Gasteiger partial charge in [-0.15, -0.1) is 0 Å². The second kappa shape index (κ2) is 6.71. The predicted molar refractivity (Wildman–Crippen MR) is 55.6 cm³/mol. The van der Waals surface area contributed by atoms with Crippen molar-refractivity contribution in [3.63, 3.8) is 0 Å². The van der Waals surface area contributed by atoms with E-state index in [0.717, 1.165) is 0 Å². The first-order chi connectivity index (χ1) is 10.0. The summed E-state index contributed by atoms with van der Waals surface area (Å²) >= 11 is 0. The molecule has 0 spiro atoms. The third kappa shape index (κ3) is 4.87. The molecule has 1 nitrogen and oxygen atoms in total. The maximum atomic E-state index is 13.2. The fourth-order valence-corrected chi connectivity index (χ4v) is 1.42. The standard InChI is InChI=1S/C11H11F11O/c1-2-23-11(21,22)10(19,20)9(17,18)7(12,13)5-3-4-6-8(14,15)16/h2H,1,3-6H2. The van der Waals surface area contributed by atoms with Crippen LogP contribution in [-0.4, -0.2) is 30.1 Å². The van der Waals surface area contributed by atoms with Crippen molar-refractivity contribution in [2.45, 2.75) is 55.7 Å². The number of ether oxygens (including phenoxy) is 1. The molecule has 0 N–H and O–H groups in total. The highest BCUT2D eigenvalue weighted by molar-refractivity contribution is 5.01. The first-order valence-corrected chi connectivity index (χ1v) is 5.88. The van der Waals surface area contributed by atoms with Crippen LogP contribution >= 0.6 is 0 Å². The third-order valence-electron chi connectivity index (χ3n) is 2.65. The van der Waals surface area contributed by atoms with Gasteiger partial charge in [0.1, 0.15) is 0 Å². The van der Waals surface area contributed by atoms with Gasteiger partial charge in [0.05, 0.1) is 6.26 Å². The highest BCUT2D eigenvalue weighted by Crippen LogP contribution is 2.54. The molecule has 0 saturated carbocycles. The van der Waals surface area contributed by atoms with Crippen molar-refractivity contribution in [2.24, 2.45) is 0 Å². The first kappa shape index (κ1) is 21.8. The van der Waals surface area contributed by atoms with Crippen LogP contribution < -0.4 is 0 Å². The Morgan fingerprint density at radius 2 is 1.13 bits per heavy atom. The lowest BCUT2D eigenvalue weighted by atomic mass is 9.98. The van der Waals surface area contributed by atoms with Gasteiger partial charge in [0.2, 0.25) is 0 Å². The second-order valence-electron chi connectivity index (χ2n) is 4.48. The Balaban J connectivity index is 5.10. The smallest absolute Gasteiger partial charge is 0.436 e. The molecule has 0 aliphatic carbocycles. The van der Waals surface area contributed by atoms with Crippen molar-refractivity contribution in [3.8, 4) is 0 Å². The molecule has 0 atom stereocenters. The average molecular weight is 368 g/mol. The van der Waals surface area contributed by atoms with Crippen LogP contribution in [0, 0.1) is 0 Å². The Labute approximate surface area is 123 Å². The van der Waals surface area contributed by atoms with Crippen molar-refractivity contribution in [1.82, 2.24) is 0 Å². The number of alkyl halides is 11. The minimum absolute atomic E-state index is 0.342. The van der Waals surface area contributed by atoms with E-state index in [4.69, 9.17) is 0 Å². The number of hydrogen-bond acceptors (Lipinski definition) is 1. The van der Waals surface area contributed by atoms with Gasteiger partial charge in [0.25, 0.3) is 0 Å². The molecule has 0 aromatic rings. The van der Waals surface area contributed by atoms with Crippen molar-refractivity contribution >= 4 is 0 Å². The SMILES string of the molecule is C=COC(F)(F)C(F)(F)C(F)(F)C(F)(F)CCCCC(F)(F)F. The van der Waals surface area contributed by atoms with Crippen LogP contribution in [0.15, 0.2) is 12.8 Å². The molecule has 0 aromatic carbocycles. The molecule has 0 rings (SSSR count). The summed E-state index contributed by atoms with van der Waals surface area (Å²) in [4.78, 5) is 0. The van der Waals surface area contributed by atoms with Gasteiger partial charge in [-0.25, -0.2) is 0 Å². The Morgan fingerprint density at radius 3 is 1.52 bits per heavy atom. The van der Waals surface area contributed by atoms with Gasteiger partial charge in [-0.1, -0.05) is 6.58 Å². The number of rotatable bonds is 9. The van der Waals surface area contributed by atoms with Crippen LogP contribution in [0.3, 0.4) is 0 Å². The minimum atomic E-state index is -6.62. The van der Waals surface area contributed by atoms with Gasteiger partial charge in [0, 0.05) is 12.8 Å². The van der Waals surface area contributed by atoms with E-state index in [0.29, 0.717) is 0 Å². The first-order valence-electron chi connectivity index (χ1n) is 5.88. The zero-order valence-corrected chi connectivity index (χ0v) is 11.2. The number of hydrogen-bond donors (Lipinski definition) is 0. The normalized spacial score (nSPS) is 14.7. The van der Waals surface area contributed by atoms with E-state index in [9.17, 15) is 48.3 Å². The van der Waals surface area contributed by atoms with E-state index in [2.05, 4.69) is 11.3 Å². The van der Waals surface area contributed by atoms with Gasteiger partial charge in [-0.05, 0) is 12.8 Å². The quantitative estimate of drug-likeness (QED) is 0.285. The molecule has 23 heavy (non-hydrogen) atoms. The van der Waals surface area contributed by atoms with Crippen LogP contribution in [0.1, 0.15) is 25.7 Å². The summed E-state index contributed by atoms with van der Waals surface area (Å²) in [5.74, 6) is -18.9. The van der Waals surface area contributed by atoms with Crippen LogP contribution in [0.4, 0.5) is 48.3 Å².